The standard InChI is InChI=1S/C15H25N3O/c1-4-5-6-7-10-17-14-11-12(16)8-9-13(14)15(19)18(2)3/h8-9,11,17H,4-7,10,16H2,1-3H3. The molecule has 0 aliphatic heterocycles. The lowest BCUT2D eigenvalue weighted by Crippen LogP contribution is -2.23. The number of nitrogens with zero attached hydrogens (tertiary/aromatic N) is 1. The molecule has 106 valence electrons. The van der Waals surface area contributed by atoms with Crippen molar-refractivity contribution in [3.8, 4) is 0 Å². The molecular formula is C15H25N3O. The molecule has 0 unspecified atom stereocenters. The van der Waals surface area contributed by atoms with Crippen LogP contribution >= 0.6 is 0 Å². The summed E-state index contributed by atoms with van der Waals surface area (Å²) >= 11 is 0. The molecule has 19 heavy (non-hydrogen) atoms. The second kappa shape index (κ2) is 7.67. The van der Waals surface area contributed by atoms with Crippen molar-refractivity contribution in [1.82, 2.24) is 4.90 Å². The van der Waals surface area contributed by atoms with Gasteiger partial charge in [-0.25, -0.2) is 0 Å². The zero-order chi connectivity index (χ0) is 14.3. The van der Waals surface area contributed by atoms with Gasteiger partial charge in [0.2, 0.25) is 0 Å². The fourth-order valence-corrected chi connectivity index (χ4v) is 1.91. The number of rotatable bonds is 7. The number of carbonyl (C=O) groups excluding carboxylic acids is 1. The molecule has 0 aromatic heterocycles. The van der Waals surface area contributed by atoms with Crippen LogP contribution in [0.4, 0.5) is 11.4 Å². The molecule has 1 aromatic carbocycles. The lowest BCUT2D eigenvalue weighted by atomic mass is 10.1. The molecule has 3 N–H and O–H groups in total. The highest BCUT2D eigenvalue weighted by Crippen LogP contribution is 2.20. The topological polar surface area (TPSA) is 58.4 Å². The molecule has 1 amide bonds. The van der Waals surface area contributed by atoms with Gasteiger partial charge in [-0.05, 0) is 24.6 Å². The smallest absolute Gasteiger partial charge is 0.255 e. The second-order valence-electron chi connectivity index (χ2n) is 4.99. The van der Waals surface area contributed by atoms with Crippen LogP contribution in [0, 0.1) is 0 Å². The number of anilines is 2. The van der Waals surface area contributed by atoms with Crippen LogP contribution in [0.15, 0.2) is 18.2 Å². The quantitative estimate of drug-likeness (QED) is 0.587. The molecule has 1 aromatic rings. The van der Waals surface area contributed by atoms with E-state index in [1.807, 2.05) is 6.07 Å². The normalized spacial score (nSPS) is 10.3. The van der Waals surface area contributed by atoms with Crippen LogP contribution in [0.2, 0.25) is 0 Å². The molecule has 4 nitrogen and oxygen atoms in total. The van der Waals surface area contributed by atoms with Crippen molar-refractivity contribution < 1.29 is 4.79 Å². The summed E-state index contributed by atoms with van der Waals surface area (Å²) in [6, 6.07) is 5.38. The Bertz CT molecular complexity index is 416. The van der Waals surface area contributed by atoms with E-state index in [1.165, 1.54) is 19.3 Å². The summed E-state index contributed by atoms with van der Waals surface area (Å²) in [5.74, 6) is -0.00365. The minimum Gasteiger partial charge on any atom is -0.399 e. The molecule has 0 radical (unpaired) electrons. The maximum Gasteiger partial charge on any atom is 0.255 e. The molecule has 0 saturated carbocycles. The first-order valence-corrected chi connectivity index (χ1v) is 6.91. The number of nitrogens with two attached hydrogens (primary N) is 1. The monoisotopic (exact) mass is 263 g/mol. The van der Waals surface area contributed by atoms with Gasteiger partial charge in [0.1, 0.15) is 0 Å². The summed E-state index contributed by atoms with van der Waals surface area (Å²) in [4.78, 5) is 13.6. The predicted octanol–water partition coefficient (Wildman–Crippen LogP) is 2.96. The maximum atomic E-state index is 12.1. The number of hydrogen-bond donors (Lipinski definition) is 2. The van der Waals surface area contributed by atoms with Gasteiger partial charge in [-0.1, -0.05) is 26.2 Å². The lowest BCUT2D eigenvalue weighted by Gasteiger charge is -2.16. The van der Waals surface area contributed by atoms with E-state index in [4.69, 9.17) is 5.73 Å². The third kappa shape index (κ3) is 4.81. The van der Waals surface area contributed by atoms with E-state index >= 15 is 0 Å². The van der Waals surface area contributed by atoms with E-state index in [1.54, 1.807) is 31.1 Å². The Morgan fingerprint density at radius 3 is 2.63 bits per heavy atom. The van der Waals surface area contributed by atoms with Crippen LogP contribution in [-0.4, -0.2) is 31.4 Å². The van der Waals surface area contributed by atoms with Gasteiger partial charge in [0, 0.05) is 32.0 Å². The predicted molar refractivity (Wildman–Crippen MR) is 81.5 cm³/mol. The number of nitrogen functional groups attached to an aromatic ring is 1. The van der Waals surface area contributed by atoms with Crippen LogP contribution in [0.1, 0.15) is 43.0 Å². The van der Waals surface area contributed by atoms with Crippen LogP contribution in [0.3, 0.4) is 0 Å². The molecule has 0 heterocycles. The van der Waals surface area contributed by atoms with E-state index in [9.17, 15) is 4.79 Å². The number of hydrogen-bond acceptors (Lipinski definition) is 3. The summed E-state index contributed by atoms with van der Waals surface area (Å²) in [5, 5.41) is 3.32. The molecule has 0 saturated heterocycles. The van der Waals surface area contributed by atoms with E-state index in [0.717, 1.165) is 18.7 Å². The van der Waals surface area contributed by atoms with Gasteiger partial charge < -0.3 is 16.0 Å². The van der Waals surface area contributed by atoms with Crippen molar-refractivity contribution in [3.05, 3.63) is 23.8 Å². The van der Waals surface area contributed by atoms with Crippen molar-refractivity contribution in [2.75, 3.05) is 31.7 Å². The van der Waals surface area contributed by atoms with E-state index in [0.29, 0.717) is 11.3 Å². The van der Waals surface area contributed by atoms with Crippen molar-refractivity contribution in [2.45, 2.75) is 32.6 Å². The van der Waals surface area contributed by atoms with E-state index in [2.05, 4.69) is 12.2 Å². The number of benzene rings is 1. The number of carbonyl (C=O) groups is 1. The summed E-state index contributed by atoms with van der Waals surface area (Å²) in [5.41, 5.74) is 7.97. The van der Waals surface area contributed by atoms with Gasteiger partial charge in [-0.2, -0.15) is 0 Å². The maximum absolute atomic E-state index is 12.1. The van der Waals surface area contributed by atoms with Crippen LogP contribution < -0.4 is 11.1 Å². The van der Waals surface area contributed by atoms with Crippen LogP contribution in [0.25, 0.3) is 0 Å². The third-order valence-corrected chi connectivity index (χ3v) is 3.03. The van der Waals surface area contributed by atoms with Gasteiger partial charge in [0.25, 0.3) is 5.91 Å². The Hall–Kier alpha value is -1.71. The molecule has 1 rings (SSSR count). The molecular weight excluding hydrogens is 238 g/mol. The van der Waals surface area contributed by atoms with Gasteiger partial charge in [0.05, 0.1) is 5.56 Å². The highest BCUT2D eigenvalue weighted by molar-refractivity contribution is 5.99. The van der Waals surface area contributed by atoms with Gasteiger partial charge in [0.15, 0.2) is 0 Å². The average molecular weight is 263 g/mol. The Labute approximate surface area is 116 Å². The minimum absolute atomic E-state index is 0.00365. The Kier molecular flexibility index (Phi) is 6.19. The fourth-order valence-electron chi connectivity index (χ4n) is 1.91. The third-order valence-electron chi connectivity index (χ3n) is 3.03. The zero-order valence-electron chi connectivity index (χ0n) is 12.2. The van der Waals surface area contributed by atoms with E-state index in [-0.39, 0.29) is 5.91 Å². The second-order valence-corrected chi connectivity index (χ2v) is 4.99. The SMILES string of the molecule is CCCCCCNc1cc(N)ccc1C(=O)N(C)C. The van der Waals surface area contributed by atoms with Crippen LogP contribution in [-0.2, 0) is 0 Å². The first-order valence-electron chi connectivity index (χ1n) is 6.91. The van der Waals surface area contributed by atoms with Crippen molar-refractivity contribution >= 4 is 17.3 Å². The molecule has 0 bridgehead atoms. The lowest BCUT2D eigenvalue weighted by molar-refractivity contribution is 0.0828. The number of nitrogens with one attached hydrogen (secondary N) is 1. The first-order chi connectivity index (χ1) is 9.06. The van der Waals surface area contributed by atoms with Crippen LogP contribution in [0.5, 0.6) is 0 Å². The molecule has 0 spiro atoms. The van der Waals surface area contributed by atoms with Crippen molar-refractivity contribution in [2.24, 2.45) is 0 Å². The molecule has 0 aliphatic rings. The molecule has 0 aliphatic carbocycles. The first kappa shape index (κ1) is 15.3. The number of amides is 1. The summed E-state index contributed by atoms with van der Waals surface area (Å²) in [6.45, 7) is 3.07. The van der Waals surface area contributed by atoms with Gasteiger partial charge in [-0.15, -0.1) is 0 Å². The Balaban J connectivity index is 2.69. The van der Waals surface area contributed by atoms with Gasteiger partial charge >= 0.3 is 0 Å². The fraction of sp³-hybridized carbons (Fsp3) is 0.533. The van der Waals surface area contributed by atoms with Crippen molar-refractivity contribution in [3.63, 3.8) is 0 Å². The van der Waals surface area contributed by atoms with E-state index < -0.39 is 0 Å². The Morgan fingerprint density at radius 1 is 1.26 bits per heavy atom. The molecule has 0 fully saturated rings. The average Bonchev–Trinajstić information content (AvgIpc) is 2.38. The largest absolute Gasteiger partial charge is 0.399 e. The highest BCUT2D eigenvalue weighted by atomic mass is 16.2. The minimum atomic E-state index is -0.00365. The summed E-state index contributed by atoms with van der Waals surface area (Å²) in [7, 11) is 3.51. The highest BCUT2D eigenvalue weighted by Gasteiger charge is 2.13. The van der Waals surface area contributed by atoms with Gasteiger partial charge in [-0.3, -0.25) is 4.79 Å². The molecule has 4 heteroatoms. The molecule has 0 atom stereocenters. The zero-order valence-corrected chi connectivity index (χ0v) is 12.2. The van der Waals surface area contributed by atoms with Crippen molar-refractivity contribution in [1.29, 1.82) is 0 Å². The summed E-state index contributed by atoms with van der Waals surface area (Å²) in [6.07, 6.45) is 4.80. The number of unbranched alkanes of at least 4 members (excludes halogenated alkanes) is 3. The summed E-state index contributed by atoms with van der Waals surface area (Å²) < 4.78 is 0. The Morgan fingerprint density at radius 2 is 2.00 bits per heavy atom.